The molecule has 1 aliphatic heterocycles. The zero-order valence-corrected chi connectivity index (χ0v) is 12.5. The van der Waals surface area contributed by atoms with E-state index in [0.717, 1.165) is 49.3 Å². The Balaban J connectivity index is 1.68. The van der Waals surface area contributed by atoms with Gasteiger partial charge >= 0.3 is 6.03 Å². The lowest BCUT2D eigenvalue weighted by Gasteiger charge is -2.34. The first-order chi connectivity index (χ1) is 10.8. The lowest BCUT2D eigenvalue weighted by atomic mass is 10.2. The number of fused-ring (bicyclic) bond motifs is 1. The second-order valence-corrected chi connectivity index (χ2v) is 5.39. The Morgan fingerprint density at radius 3 is 2.77 bits per heavy atom. The minimum Gasteiger partial charge on any atom is -0.322 e. The van der Waals surface area contributed by atoms with Gasteiger partial charge in [-0.05, 0) is 12.1 Å². The number of urea groups is 1. The molecule has 0 radical (unpaired) electrons. The molecule has 5 heteroatoms. The van der Waals surface area contributed by atoms with Gasteiger partial charge in [0.1, 0.15) is 0 Å². The third kappa shape index (κ3) is 3.09. The van der Waals surface area contributed by atoms with Crippen molar-refractivity contribution in [1.29, 1.82) is 0 Å². The van der Waals surface area contributed by atoms with E-state index in [-0.39, 0.29) is 6.03 Å². The molecule has 1 fully saturated rings. The summed E-state index contributed by atoms with van der Waals surface area (Å²) < 4.78 is 0. The zero-order valence-electron chi connectivity index (χ0n) is 12.5. The molecule has 5 nitrogen and oxygen atoms in total. The highest BCUT2D eigenvalue weighted by Crippen LogP contribution is 2.21. The van der Waals surface area contributed by atoms with E-state index in [1.165, 1.54) is 0 Å². The Kier molecular flexibility index (Phi) is 4.34. The average Bonchev–Trinajstić information content (AvgIpc) is 2.56. The second-order valence-electron chi connectivity index (χ2n) is 5.39. The largest absolute Gasteiger partial charge is 0.322 e. The summed E-state index contributed by atoms with van der Waals surface area (Å²) >= 11 is 0. The minimum absolute atomic E-state index is 0.0589. The Morgan fingerprint density at radius 2 is 2.00 bits per heavy atom. The summed E-state index contributed by atoms with van der Waals surface area (Å²) in [6.45, 7) is 7.86. The van der Waals surface area contributed by atoms with Crippen LogP contribution in [0.5, 0.6) is 0 Å². The van der Waals surface area contributed by atoms with Crippen LogP contribution >= 0.6 is 0 Å². The number of nitrogens with one attached hydrogen (secondary N) is 1. The number of rotatable bonds is 3. The van der Waals surface area contributed by atoms with Gasteiger partial charge in [-0.2, -0.15) is 0 Å². The molecule has 2 heterocycles. The summed E-state index contributed by atoms with van der Waals surface area (Å²) in [5.41, 5.74) is 1.58. The molecule has 0 spiro atoms. The highest BCUT2D eigenvalue weighted by Gasteiger charge is 2.20. The van der Waals surface area contributed by atoms with Crippen molar-refractivity contribution in [3.8, 4) is 0 Å². The van der Waals surface area contributed by atoms with Crippen molar-refractivity contribution in [2.75, 3.05) is 38.0 Å². The Morgan fingerprint density at radius 1 is 1.23 bits per heavy atom. The summed E-state index contributed by atoms with van der Waals surface area (Å²) in [5.74, 6) is 0. The first kappa shape index (κ1) is 14.5. The molecule has 0 unspecified atom stereocenters. The average molecular weight is 296 g/mol. The van der Waals surface area contributed by atoms with E-state index in [9.17, 15) is 4.79 Å². The van der Waals surface area contributed by atoms with E-state index in [0.29, 0.717) is 0 Å². The molecule has 0 bridgehead atoms. The standard InChI is InChI=1S/C17H20N4O/c1-2-9-20-10-12-21(13-11-20)17(22)19-15-7-3-5-14-6-4-8-18-16(14)15/h2-8H,1,9-13H2,(H,19,22). The molecule has 114 valence electrons. The van der Waals surface area contributed by atoms with E-state index in [4.69, 9.17) is 0 Å². The van der Waals surface area contributed by atoms with Crippen LogP contribution in [-0.4, -0.2) is 53.5 Å². The van der Waals surface area contributed by atoms with Gasteiger partial charge in [-0.15, -0.1) is 6.58 Å². The number of pyridine rings is 1. The minimum atomic E-state index is -0.0589. The van der Waals surface area contributed by atoms with Crippen LogP contribution in [0.25, 0.3) is 10.9 Å². The molecule has 1 saturated heterocycles. The van der Waals surface area contributed by atoms with Crippen molar-refractivity contribution >= 4 is 22.6 Å². The maximum atomic E-state index is 12.4. The summed E-state index contributed by atoms with van der Waals surface area (Å²) in [6, 6.07) is 9.64. The Labute approximate surface area is 130 Å². The molecule has 1 aliphatic rings. The molecule has 0 aliphatic carbocycles. The van der Waals surface area contributed by atoms with Gasteiger partial charge < -0.3 is 10.2 Å². The molecule has 1 aromatic carbocycles. The molecule has 1 aromatic heterocycles. The van der Waals surface area contributed by atoms with Gasteiger partial charge in [-0.25, -0.2) is 4.79 Å². The number of nitrogens with zero attached hydrogens (tertiary/aromatic N) is 3. The SMILES string of the molecule is C=CCN1CCN(C(=O)Nc2cccc3cccnc23)CC1. The van der Waals surface area contributed by atoms with Crippen molar-refractivity contribution in [1.82, 2.24) is 14.8 Å². The predicted octanol–water partition coefficient (Wildman–Crippen LogP) is 2.57. The quantitative estimate of drug-likeness (QED) is 0.886. The maximum absolute atomic E-state index is 12.4. The molecule has 0 atom stereocenters. The molecule has 1 N–H and O–H groups in total. The van der Waals surface area contributed by atoms with Crippen LogP contribution < -0.4 is 5.32 Å². The van der Waals surface area contributed by atoms with Crippen LogP contribution in [-0.2, 0) is 0 Å². The van der Waals surface area contributed by atoms with Gasteiger partial charge in [-0.1, -0.05) is 24.3 Å². The highest BCUT2D eigenvalue weighted by atomic mass is 16.2. The van der Waals surface area contributed by atoms with Crippen molar-refractivity contribution in [3.63, 3.8) is 0 Å². The fourth-order valence-electron chi connectivity index (χ4n) is 2.72. The van der Waals surface area contributed by atoms with Crippen LogP contribution in [0.2, 0.25) is 0 Å². The normalized spacial score (nSPS) is 15.7. The number of piperazine rings is 1. The van der Waals surface area contributed by atoms with Gasteiger partial charge in [0.05, 0.1) is 11.2 Å². The molecule has 3 rings (SSSR count). The Bertz CT molecular complexity index is 672. The molecule has 22 heavy (non-hydrogen) atoms. The number of anilines is 1. The third-order valence-electron chi connectivity index (χ3n) is 3.92. The van der Waals surface area contributed by atoms with Crippen LogP contribution in [0.1, 0.15) is 0 Å². The lowest BCUT2D eigenvalue weighted by Crippen LogP contribution is -2.49. The highest BCUT2D eigenvalue weighted by molar-refractivity contribution is 5.99. The van der Waals surface area contributed by atoms with E-state index >= 15 is 0 Å². The van der Waals surface area contributed by atoms with Crippen molar-refractivity contribution in [2.24, 2.45) is 0 Å². The third-order valence-corrected chi connectivity index (χ3v) is 3.92. The second kappa shape index (κ2) is 6.58. The fraction of sp³-hybridized carbons (Fsp3) is 0.294. The topological polar surface area (TPSA) is 48.5 Å². The van der Waals surface area contributed by atoms with Crippen molar-refractivity contribution in [2.45, 2.75) is 0 Å². The Hall–Kier alpha value is -2.40. The van der Waals surface area contributed by atoms with E-state index in [1.54, 1.807) is 6.20 Å². The van der Waals surface area contributed by atoms with Gasteiger partial charge in [0.2, 0.25) is 0 Å². The summed E-state index contributed by atoms with van der Waals surface area (Å²) in [5, 5.41) is 4.01. The van der Waals surface area contributed by atoms with Gasteiger partial charge in [0, 0.05) is 44.3 Å². The summed E-state index contributed by atoms with van der Waals surface area (Å²) in [6.07, 6.45) is 3.64. The van der Waals surface area contributed by atoms with E-state index < -0.39 is 0 Å². The van der Waals surface area contributed by atoms with Crippen LogP contribution in [0, 0.1) is 0 Å². The number of hydrogen-bond acceptors (Lipinski definition) is 3. The van der Waals surface area contributed by atoms with E-state index in [2.05, 4.69) is 21.8 Å². The zero-order chi connectivity index (χ0) is 15.4. The van der Waals surface area contributed by atoms with Crippen molar-refractivity contribution in [3.05, 3.63) is 49.2 Å². The number of carbonyl (C=O) groups is 1. The number of benzene rings is 1. The van der Waals surface area contributed by atoms with Gasteiger partial charge in [0.25, 0.3) is 0 Å². The monoisotopic (exact) mass is 296 g/mol. The van der Waals surface area contributed by atoms with Crippen LogP contribution in [0.15, 0.2) is 49.2 Å². The van der Waals surface area contributed by atoms with Crippen LogP contribution in [0.4, 0.5) is 10.5 Å². The fourth-order valence-corrected chi connectivity index (χ4v) is 2.72. The maximum Gasteiger partial charge on any atom is 0.321 e. The van der Waals surface area contributed by atoms with Crippen LogP contribution in [0.3, 0.4) is 0 Å². The van der Waals surface area contributed by atoms with Gasteiger partial charge in [-0.3, -0.25) is 9.88 Å². The number of amides is 2. The molecule has 0 saturated carbocycles. The predicted molar refractivity (Wildman–Crippen MR) is 89.0 cm³/mol. The smallest absolute Gasteiger partial charge is 0.321 e. The number of para-hydroxylation sites is 1. The lowest BCUT2D eigenvalue weighted by molar-refractivity contribution is 0.156. The molecular weight excluding hydrogens is 276 g/mol. The number of aromatic nitrogens is 1. The van der Waals surface area contributed by atoms with Crippen molar-refractivity contribution < 1.29 is 4.79 Å². The summed E-state index contributed by atoms with van der Waals surface area (Å²) in [7, 11) is 0. The molecular formula is C17H20N4O. The first-order valence-corrected chi connectivity index (χ1v) is 7.51. The number of hydrogen-bond donors (Lipinski definition) is 1. The van der Waals surface area contributed by atoms with Gasteiger partial charge in [0.15, 0.2) is 0 Å². The molecule has 2 amide bonds. The number of carbonyl (C=O) groups excluding carboxylic acids is 1. The first-order valence-electron chi connectivity index (χ1n) is 7.51. The molecule has 2 aromatic rings. The summed E-state index contributed by atoms with van der Waals surface area (Å²) in [4.78, 5) is 20.9. The van der Waals surface area contributed by atoms with E-state index in [1.807, 2.05) is 41.3 Å².